The average molecular weight is 573 g/mol. The highest BCUT2D eigenvalue weighted by Gasteiger charge is 2.18. The van der Waals surface area contributed by atoms with Gasteiger partial charge in [-0.25, -0.2) is 4.98 Å². The summed E-state index contributed by atoms with van der Waals surface area (Å²) < 4.78 is 5.62. The number of carbonyl (C=O) groups is 1. The predicted molar refractivity (Wildman–Crippen MR) is 145 cm³/mol. The summed E-state index contributed by atoms with van der Waals surface area (Å²) in [6.07, 6.45) is 5.05. The van der Waals surface area contributed by atoms with Crippen LogP contribution >= 0.6 is 24.0 Å². The van der Waals surface area contributed by atoms with Crippen LogP contribution in [0.15, 0.2) is 64.2 Å². The van der Waals surface area contributed by atoms with Crippen LogP contribution in [0, 0.1) is 6.92 Å². The highest BCUT2D eigenvalue weighted by Crippen LogP contribution is 2.19. The Labute approximate surface area is 218 Å². The quantitative estimate of drug-likeness (QED) is 0.253. The molecule has 1 saturated heterocycles. The minimum atomic E-state index is 0. The number of aromatic nitrogens is 1. The minimum absolute atomic E-state index is 0. The number of nitrogens with zero attached hydrogens (tertiary/aromatic N) is 3. The maximum atomic E-state index is 12.8. The van der Waals surface area contributed by atoms with E-state index in [1.165, 1.54) is 12.0 Å². The van der Waals surface area contributed by atoms with Crippen LogP contribution in [0.25, 0.3) is 11.5 Å². The fraction of sp³-hybridized carbons (Fsp3) is 0.346. The van der Waals surface area contributed by atoms with Crippen LogP contribution in [-0.4, -0.2) is 41.9 Å². The first-order valence-corrected chi connectivity index (χ1v) is 11.5. The highest BCUT2D eigenvalue weighted by molar-refractivity contribution is 14.0. The number of amides is 1. The van der Waals surface area contributed by atoms with Crippen molar-refractivity contribution >= 4 is 35.8 Å². The van der Waals surface area contributed by atoms with E-state index in [-0.39, 0.29) is 29.9 Å². The predicted octanol–water partition coefficient (Wildman–Crippen LogP) is 4.76. The van der Waals surface area contributed by atoms with Crippen LogP contribution in [0.4, 0.5) is 0 Å². The van der Waals surface area contributed by atoms with Crippen molar-refractivity contribution in [2.75, 3.05) is 20.1 Å². The normalized spacial score (nSPS) is 13.8. The summed E-state index contributed by atoms with van der Waals surface area (Å²) in [6, 6.07) is 15.9. The number of aliphatic imine (C=N–C) groups is 1. The molecule has 0 radical (unpaired) electrons. The van der Waals surface area contributed by atoms with Crippen LogP contribution < -0.4 is 10.6 Å². The van der Waals surface area contributed by atoms with E-state index in [1.54, 1.807) is 13.3 Å². The largest absolute Gasteiger partial charge is 0.444 e. The van der Waals surface area contributed by atoms with Gasteiger partial charge >= 0.3 is 0 Å². The molecule has 0 bridgehead atoms. The molecule has 1 amide bonds. The summed E-state index contributed by atoms with van der Waals surface area (Å²) in [7, 11) is 1.73. The van der Waals surface area contributed by atoms with E-state index in [2.05, 4.69) is 27.5 Å². The summed E-state index contributed by atoms with van der Waals surface area (Å²) in [4.78, 5) is 23.6. The van der Waals surface area contributed by atoms with Crippen molar-refractivity contribution in [3.63, 3.8) is 0 Å². The van der Waals surface area contributed by atoms with Crippen molar-refractivity contribution in [2.24, 2.45) is 4.99 Å². The third kappa shape index (κ3) is 6.82. The number of likely N-dealkylation sites (tertiary alicyclic amines) is 1. The van der Waals surface area contributed by atoms with E-state index in [1.807, 2.05) is 53.4 Å². The topological polar surface area (TPSA) is 82.8 Å². The number of piperidine rings is 1. The maximum Gasteiger partial charge on any atom is 0.253 e. The van der Waals surface area contributed by atoms with E-state index in [4.69, 9.17) is 4.42 Å². The Balaban J connectivity index is 0.00000324. The SMILES string of the molecule is CN=C(NCc1cccc(C(=O)N2CCCCC2)c1)NCc1coc(-c2ccc(C)cc2)n1.I. The van der Waals surface area contributed by atoms with E-state index < -0.39 is 0 Å². The Hall–Kier alpha value is -2.88. The molecular formula is C26H32IN5O2. The minimum Gasteiger partial charge on any atom is -0.444 e. The molecule has 0 aliphatic carbocycles. The van der Waals surface area contributed by atoms with Gasteiger partial charge in [-0.1, -0.05) is 29.8 Å². The number of hydrogen-bond donors (Lipinski definition) is 2. The average Bonchev–Trinajstić information content (AvgIpc) is 3.34. The van der Waals surface area contributed by atoms with Crippen molar-refractivity contribution in [1.29, 1.82) is 0 Å². The Morgan fingerprint density at radius 2 is 1.79 bits per heavy atom. The van der Waals surface area contributed by atoms with Gasteiger partial charge < -0.3 is 20.0 Å². The second kappa shape index (κ2) is 12.5. The zero-order valence-electron chi connectivity index (χ0n) is 19.7. The number of rotatable bonds is 6. The van der Waals surface area contributed by atoms with Gasteiger partial charge in [0.25, 0.3) is 5.91 Å². The third-order valence-corrected chi connectivity index (χ3v) is 5.79. The molecule has 1 aliphatic rings. The van der Waals surface area contributed by atoms with Gasteiger partial charge in [0.15, 0.2) is 5.96 Å². The summed E-state index contributed by atoms with van der Waals surface area (Å²) in [5.74, 6) is 1.38. The van der Waals surface area contributed by atoms with Crippen molar-refractivity contribution in [1.82, 2.24) is 20.5 Å². The molecule has 1 aromatic heterocycles. The summed E-state index contributed by atoms with van der Waals surface area (Å²) in [5.41, 5.74) is 4.72. The molecule has 3 aromatic rings. The van der Waals surface area contributed by atoms with E-state index in [0.29, 0.717) is 24.9 Å². The monoisotopic (exact) mass is 573 g/mol. The molecule has 0 unspecified atom stereocenters. The molecule has 2 aromatic carbocycles. The lowest BCUT2D eigenvalue weighted by Gasteiger charge is -2.26. The molecule has 7 nitrogen and oxygen atoms in total. The van der Waals surface area contributed by atoms with Crippen LogP contribution in [0.3, 0.4) is 0 Å². The van der Waals surface area contributed by atoms with Crippen molar-refractivity contribution < 1.29 is 9.21 Å². The molecule has 0 saturated carbocycles. The zero-order valence-corrected chi connectivity index (χ0v) is 22.0. The Morgan fingerprint density at radius 3 is 2.53 bits per heavy atom. The highest BCUT2D eigenvalue weighted by atomic mass is 127. The molecule has 8 heteroatoms. The van der Waals surface area contributed by atoms with E-state index >= 15 is 0 Å². The molecule has 0 spiro atoms. The molecule has 2 N–H and O–H groups in total. The molecule has 4 rings (SSSR count). The van der Waals surface area contributed by atoms with E-state index in [9.17, 15) is 4.79 Å². The van der Waals surface area contributed by atoms with Gasteiger partial charge in [-0.3, -0.25) is 9.79 Å². The van der Waals surface area contributed by atoms with Gasteiger partial charge in [-0.05, 0) is 56.0 Å². The van der Waals surface area contributed by atoms with E-state index in [0.717, 1.165) is 48.3 Å². The number of hydrogen-bond acceptors (Lipinski definition) is 4. The fourth-order valence-electron chi connectivity index (χ4n) is 3.89. The van der Waals surface area contributed by atoms with Crippen molar-refractivity contribution in [3.8, 4) is 11.5 Å². The van der Waals surface area contributed by atoms with Gasteiger partial charge in [-0.15, -0.1) is 24.0 Å². The molecule has 0 atom stereocenters. The van der Waals surface area contributed by atoms with Crippen molar-refractivity contribution in [3.05, 3.63) is 77.2 Å². The summed E-state index contributed by atoms with van der Waals surface area (Å²) in [5, 5.41) is 6.56. The number of oxazole rings is 1. The lowest BCUT2D eigenvalue weighted by Crippen LogP contribution is -2.37. The lowest BCUT2D eigenvalue weighted by atomic mass is 10.1. The Bertz CT molecular complexity index is 1100. The van der Waals surface area contributed by atoms with Gasteiger partial charge in [0.1, 0.15) is 6.26 Å². The smallest absolute Gasteiger partial charge is 0.253 e. The van der Waals surface area contributed by atoms with Gasteiger partial charge in [-0.2, -0.15) is 0 Å². The molecular weight excluding hydrogens is 541 g/mol. The number of carbonyl (C=O) groups excluding carboxylic acids is 1. The molecule has 180 valence electrons. The number of halogens is 1. The first-order valence-electron chi connectivity index (χ1n) is 11.5. The maximum absolute atomic E-state index is 12.8. The number of aryl methyl sites for hydroxylation is 1. The van der Waals surface area contributed by atoms with Crippen LogP contribution in [-0.2, 0) is 13.1 Å². The standard InChI is InChI=1S/C26H31N5O2.HI/c1-19-9-11-21(12-10-19)24-30-23(18-33-24)17-29-26(27-2)28-16-20-7-6-8-22(15-20)25(32)31-13-4-3-5-14-31;/h6-12,15,18H,3-5,13-14,16-17H2,1-2H3,(H2,27,28,29);1H. The molecule has 2 heterocycles. The second-order valence-electron chi connectivity index (χ2n) is 8.34. The molecule has 1 aliphatic heterocycles. The number of guanidine groups is 1. The fourth-order valence-corrected chi connectivity index (χ4v) is 3.89. The lowest BCUT2D eigenvalue weighted by molar-refractivity contribution is 0.0724. The van der Waals surface area contributed by atoms with Gasteiger partial charge in [0.05, 0.1) is 12.2 Å². The van der Waals surface area contributed by atoms with Gasteiger partial charge in [0.2, 0.25) is 5.89 Å². The van der Waals surface area contributed by atoms with Gasteiger partial charge in [0, 0.05) is 37.8 Å². The Kier molecular flexibility index (Phi) is 9.50. The summed E-state index contributed by atoms with van der Waals surface area (Å²) >= 11 is 0. The summed E-state index contributed by atoms with van der Waals surface area (Å²) in [6.45, 7) is 4.81. The molecule has 34 heavy (non-hydrogen) atoms. The number of benzene rings is 2. The second-order valence-corrected chi connectivity index (χ2v) is 8.34. The molecule has 1 fully saturated rings. The third-order valence-electron chi connectivity index (χ3n) is 5.79. The zero-order chi connectivity index (χ0) is 23.0. The Morgan fingerprint density at radius 1 is 1.06 bits per heavy atom. The van der Waals surface area contributed by atoms with Crippen molar-refractivity contribution in [2.45, 2.75) is 39.3 Å². The van der Waals surface area contributed by atoms with Crippen LogP contribution in [0.5, 0.6) is 0 Å². The first-order chi connectivity index (χ1) is 16.1. The number of nitrogens with one attached hydrogen (secondary N) is 2. The first kappa shape index (κ1) is 25.7. The van der Waals surface area contributed by atoms with Crippen LogP contribution in [0.1, 0.15) is 46.4 Å². The van der Waals surface area contributed by atoms with Crippen LogP contribution in [0.2, 0.25) is 0 Å².